The highest BCUT2D eigenvalue weighted by Gasteiger charge is 1.99. The molecule has 94 valence electrons. The van der Waals surface area contributed by atoms with Crippen molar-refractivity contribution in [3.63, 3.8) is 0 Å². The van der Waals surface area contributed by atoms with Crippen molar-refractivity contribution < 1.29 is 9.53 Å². The first-order valence-corrected chi connectivity index (χ1v) is 6.61. The average Bonchev–Trinajstić information content (AvgIpc) is 2.28. The van der Waals surface area contributed by atoms with E-state index in [0.29, 0.717) is 13.0 Å². The highest BCUT2D eigenvalue weighted by atomic mass is 16.5. The molecule has 0 aromatic rings. The van der Waals surface area contributed by atoms with Gasteiger partial charge in [0.2, 0.25) is 0 Å². The van der Waals surface area contributed by atoms with Crippen molar-refractivity contribution in [1.29, 1.82) is 0 Å². The van der Waals surface area contributed by atoms with Gasteiger partial charge in [-0.25, -0.2) is 0 Å². The molecule has 0 aliphatic carbocycles. The number of hydrogen-bond acceptors (Lipinski definition) is 2. The van der Waals surface area contributed by atoms with Crippen LogP contribution in [-0.4, -0.2) is 12.6 Å². The predicted octanol–water partition coefficient (Wildman–Crippen LogP) is 4.25. The average molecular weight is 226 g/mol. The molecule has 0 aliphatic heterocycles. The Morgan fingerprint density at radius 2 is 1.69 bits per heavy atom. The van der Waals surface area contributed by atoms with E-state index in [4.69, 9.17) is 4.74 Å². The largest absolute Gasteiger partial charge is 0.461 e. The van der Waals surface area contributed by atoms with Gasteiger partial charge < -0.3 is 4.74 Å². The summed E-state index contributed by atoms with van der Waals surface area (Å²) in [5, 5.41) is 0. The van der Waals surface area contributed by atoms with E-state index >= 15 is 0 Å². The van der Waals surface area contributed by atoms with Crippen LogP contribution in [0.1, 0.15) is 65.2 Å². The van der Waals surface area contributed by atoms with Crippen molar-refractivity contribution in [2.24, 2.45) is 0 Å². The zero-order valence-corrected chi connectivity index (χ0v) is 10.8. The first-order valence-electron chi connectivity index (χ1n) is 6.61. The first kappa shape index (κ1) is 15.2. The number of ether oxygens (including phenoxy) is 1. The van der Waals surface area contributed by atoms with Gasteiger partial charge in [0.1, 0.15) is 6.61 Å². The molecule has 0 saturated carbocycles. The number of hydrogen-bond donors (Lipinski definition) is 0. The van der Waals surface area contributed by atoms with Crippen LogP contribution in [0.3, 0.4) is 0 Å². The van der Waals surface area contributed by atoms with Crippen LogP contribution < -0.4 is 0 Å². The summed E-state index contributed by atoms with van der Waals surface area (Å²) in [5.41, 5.74) is 0. The highest BCUT2D eigenvalue weighted by Crippen LogP contribution is 2.01. The summed E-state index contributed by atoms with van der Waals surface area (Å²) in [6.07, 6.45) is 12.7. The van der Waals surface area contributed by atoms with Crippen LogP contribution in [0.25, 0.3) is 0 Å². The molecule has 0 fully saturated rings. The second kappa shape index (κ2) is 12.3. The molecular formula is C14H26O2. The van der Waals surface area contributed by atoms with Crippen molar-refractivity contribution >= 4 is 5.97 Å². The summed E-state index contributed by atoms with van der Waals surface area (Å²) in [6, 6.07) is 0. The van der Waals surface area contributed by atoms with Gasteiger partial charge in [-0.05, 0) is 19.3 Å². The molecule has 0 unspecified atom stereocenters. The van der Waals surface area contributed by atoms with Crippen molar-refractivity contribution in [2.75, 3.05) is 6.61 Å². The third-order valence-corrected chi connectivity index (χ3v) is 2.47. The predicted molar refractivity (Wildman–Crippen MR) is 68.4 cm³/mol. The molecule has 0 amide bonds. The van der Waals surface area contributed by atoms with E-state index in [1.54, 1.807) is 0 Å². The van der Waals surface area contributed by atoms with Gasteiger partial charge >= 0.3 is 5.97 Å². The number of esters is 1. The van der Waals surface area contributed by atoms with Crippen LogP contribution >= 0.6 is 0 Å². The van der Waals surface area contributed by atoms with Crippen molar-refractivity contribution in [1.82, 2.24) is 0 Å². The van der Waals surface area contributed by atoms with Gasteiger partial charge in [0.25, 0.3) is 0 Å². The van der Waals surface area contributed by atoms with E-state index in [9.17, 15) is 4.79 Å². The third kappa shape index (κ3) is 11.3. The lowest BCUT2D eigenvalue weighted by Crippen LogP contribution is -2.03. The number of allylic oxidation sites excluding steroid dienone is 1. The SMILES string of the molecule is CCCCC/C=C/COC(=O)CCCCC. The summed E-state index contributed by atoms with van der Waals surface area (Å²) in [6.45, 7) is 4.77. The Balaban J connectivity index is 3.26. The Labute approximate surface area is 100 Å². The van der Waals surface area contributed by atoms with Crippen LogP contribution in [0.4, 0.5) is 0 Å². The lowest BCUT2D eigenvalue weighted by molar-refractivity contribution is -0.142. The smallest absolute Gasteiger partial charge is 0.306 e. The molecule has 16 heavy (non-hydrogen) atoms. The maximum absolute atomic E-state index is 11.2. The van der Waals surface area contributed by atoms with E-state index in [-0.39, 0.29) is 5.97 Å². The lowest BCUT2D eigenvalue weighted by Gasteiger charge is -2.00. The van der Waals surface area contributed by atoms with Gasteiger partial charge in [-0.15, -0.1) is 0 Å². The Morgan fingerprint density at radius 1 is 1.00 bits per heavy atom. The van der Waals surface area contributed by atoms with Gasteiger partial charge in [0.05, 0.1) is 0 Å². The quantitative estimate of drug-likeness (QED) is 0.316. The van der Waals surface area contributed by atoms with Crippen LogP contribution in [0.2, 0.25) is 0 Å². The number of unbranched alkanes of at least 4 members (excludes halogenated alkanes) is 5. The lowest BCUT2D eigenvalue weighted by atomic mass is 10.2. The fourth-order valence-corrected chi connectivity index (χ4v) is 1.43. The molecule has 0 radical (unpaired) electrons. The van der Waals surface area contributed by atoms with Crippen LogP contribution in [0.15, 0.2) is 12.2 Å². The molecular weight excluding hydrogens is 200 g/mol. The zero-order chi connectivity index (χ0) is 12.1. The maximum atomic E-state index is 11.2. The number of rotatable bonds is 10. The Morgan fingerprint density at radius 3 is 2.38 bits per heavy atom. The van der Waals surface area contributed by atoms with Gasteiger partial charge in [-0.1, -0.05) is 51.7 Å². The van der Waals surface area contributed by atoms with Crippen LogP contribution in [0.5, 0.6) is 0 Å². The van der Waals surface area contributed by atoms with Gasteiger partial charge in [0.15, 0.2) is 0 Å². The molecule has 0 aromatic heterocycles. The highest BCUT2D eigenvalue weighted by molar-refractivity contribution is 5.69. The van der Waals surface area contributed by atoms with Gasteiger partial charge in [-0.2, -0.15) is 0 Å². The molecule has 0 N–H and O–H groups in total. The topological polar surface area (TPSA) is 26.3 Å². The molecule has 0 aromatic carbocycles. The van der Waals surface area contributed by atoms with Crippen LogP contribution in [0, 0.1) is 0 Å². The molecule has 2 nitrogen and oxygen atoms in total. The second-order valence-electron chi connectivity index (χ2n) is 4.11. The monoisotopic (exact) mass is 226 g/mol. The van der Waals surface area contributed by atoms with E-state index in [1.165, 1.54) is 19.3 Å². The van der Waals surface area contributed by atoms with Gasteiger partial charge in [-0.3, -0.25) is 4.79 Å². The fraction of sp³-hybridized carbons (Fsp3) is 0.786. The standard InChI is InChI=1S/C14H26O2/c1-3-5-7-8-9-11-13-16-14(15)12-10-6-4-2/h9,11H,3-8,10,12-13H2,1-2H3/b11-9+. The second-order valence-corrected chi connectivity index (χ2v) is 4.11. The summed E-state index contributed by atoms with van der Waals surface area (Å²) >= 11 is 0. The molecule has 0 bridgehead atoms. The van der Waals surface area contributed by atoms with Crippen molar-refractivity contribution in [2.45, 2.75) is 65.2 Å². The molecule has 0 aliphatic rings. The van der Waals surface area contributed by atoms with Crippen molar-refractivity contribution in [3.8, 4) is 0 Å². The molecule has 0 atom stereocenters. The minimum absolute atomic E-state index is 0.0633. The molecule has 0 rings (SSSR count). The summed E-state index contributed by atoms with van der Waals surface area (Å²) < 4.78 is 5.07. The summed E-state index contributed by atoms with van der Waals surface area (Å²) in [5.74, 6) is -0.0633. The first-order chi connectivity index (χ1) is 7.81. The summed E-state index contributed by atoms with van der Waals surface area (Å²) in [4.78, 5) is 11.2. The van der Waals surface area contributed by atoms with Crippen LogP contribution in [-0.2, 0) is 9.53 Å². The molecule has 0 spiro atoms. The molecule has 0 saturated heterocycles. The number of carbonyl (C=O) groups is 1. The van der Waals surface area contributed by atoms with E-state index < -0.39 is 0 Å². The Hall–Kier alpha value is -0.790. The Bertz CT molecular complexity index is 185. The zero-order valence-electron chi connectivity index (χ0n) is 10.8. The van der Waals surface area contributed by atoms with Gasteiger partial charge in [0, 0.05) is 6.42 Å². The molecule has 0 heterocycles. The normalized spacial score (nSPS) is 10.9. The van der Waals surface area contributed by atoms with E-state index in [1.807, 2.05) is 6.08 Å². The van der Waals surface area contributed by atoms with E-state index in [0.717, 1.165) is 25.7 Å². The third-order valence-electron chi connectivity index (χ3n) is 2.47. The Kier molecular flexibility index (Phi) is 11.7. The van der Waals surface area contributed by atoms with Crippen molar-refractivity contribution in [3.05, 3.63) is 12.2 Å². The maximum Gasteiger partial charge on any atom is 0.306 e. The summed E-state index contributed by atoms with van der Waals surface area (Å²) in [7, 11) is 0. The molecule has 2 heteroatoms. The fourth-order valence-electron chi connectivity index (χ4n) is 1.43. The minimum atomic E-state index is -0.0633. The van der Waals surface area contributed by atoms with E-state index in [2.05, 4.69) is 19.9 Å². The number of carbonyl (C=O) groups excluding carboxylic acids is 1. The minimum Gasteiger partial charge on any atom is -0.461 e.